The molecule has 0 aromatic heterocycles. The molecule has 0 saturated carbocycles. The van der Waals surface area contributed by atoms with Crippen LogP contribution in [0.1, 0.15) is 40.7 Å². The first-order chi connectivity index (χ1) is 14.8. The van der Waals surface area contributed by atoms with Crippen LogP contribution < -0.4 is 0 Å². The smallest absolute Gasteiger partial charge is 0.109 e. The standard InChI is InChI=1S/C27H32O3Si/c1-31(2,3)17-23-25-22(26(29)27(23)30)12-6-11-20-9-5-10-21(24(20)25)14-13-18-7-4-8-19(15-18)16-28/h4-5,7-10,13-15,17,26-30H,6,11-12,16H2,1-3H3/b14-13-,23-17-/t26-,27+/m0/s1. The zero-order valence-corrected chi connectivity index (χ0v) is 19.6. The Bertz CT molecular complexity index is 1070. The Kier molecular flexibility index (Phi) is 6.17. The van der Waals surface area contributed by atoms with E-state index in [1.54, 1.807) is 0 Å². The Morgan fingerprint density at radius 1 is 0.968 bits per heavy atom. The Hall–Kier alpha value is -2.24. The number of benzene rings is 2. The van der Waals surface area contributed by atoms with Crippen molar-refractivity contribution < 1.29 is 15.3 Å². The summed E-state index contributed by atoms with van der Waals surface area (Å²) in [7, 11) is -1.62. The first kappa shape index (κ1) is 22.0. The van der Waals surface area contributed by atoms with E-state index < -0.39 is 20.3 Å². The average molecular weight is 433 g/mol. The van der Waals surface area contributed by atoms with E-state index in [9.17, 15) is 15.3 Å². The van der Waals surface area contributed by atoms with Crippen molar-refractivity contribution in [2.45, 2.75) is 57.7 Å². The number of hydrogen-bond donors (Lipinski definition) is 3. The van der Waals surface area contributed by atoms with E-state index in [2.05, 4.69) is 55.7 Å². The maximum Gasteiger partial charge on any atom is 0.109 e. The van der Waals surface area contributed by atoms with Gasteiger partial charge in [-0.25, -0.2) is 0 Å². The van der Waals surface area contributed by atoms with Crippen LogP contribution in [0.5, 0.6) is 0 Å². The number of aliphatic hydroxyl groups is 3. The lowest BCUT2D eigenvalue weighted by atomic mass is 9.90. The number of aliphatic hydroxyl groups excluding tert-OH is 3. The van der Waals surface area contributed by atoms with Crippen LogP contribution in [-0.2, 0) is 13.0 Å². The summed E-state index contributed by atoms with van der Waals surface area (Å²) < 4.78 is 0. The molecule has 2 aliphatic carbocycles. The fourth-order valence-corrected chi connectivity index (χ4v) is 6.01. The molecule has 0 unspecified atom stereocenters. The molecule has 4 rings (SSSR count). The quantitative estimate of drug-likeness (QED) is 0.472. The van der Waals surface area contributed by atoms with Crippen LogP contribution >= 0.6 is 0 Å². The average Bonchev–Trinajstić information content (AvgIpc) is 2.88. The topological polar surface area (TPSA) is 60.7 Å². The molecule has 0 amide bonds. The van der Waals surface area contributed by atoms with Crippen LogP contribution in [0.4, 0.5) is 0 Å². The van der Waals surface area contributed by atoms with Gasteiger partial charge in [-0.2, -0.15) is 0 Å². The predicted octanol–water partition coefficient (Wildman–Crippen LogP) is 4.98. The van der Waals surface area contributed by atoms with Crippen LogP contribution in [0.15, 0.2) is 59.3 Å². The third kappa shape index (κ3) is 4.53. The van der Waals surface area contributed by atoms with Gasteiger partial charge in [-0.3, -0.25) is 0 Å². The van der Waals surface area contributed by atoms with Gasteiger partial charge >= 0.3 is 0 Å². The van der Waals surface area contributed by atoms with Gasteiger partial charge in [0.25, 0.3) is 0 Å². The minimum atomic E-state index is -1.62. The number of rotatable bonds is 4. The van der Waals surface area contributed by atoms with Crippen molar-refractivity contribution in [3.05, 3.63) is 87.1 Å². The zero-order valence-electron chi connectivity index (χ0n) is 18.6. The van der Waals surface area contributed by atoms with Crippen LogP contribution in [0.2, 0.25) is 19.6 Å². The second kappa shape index (κ2) is 8.71. The van der Waals surface area contributed by atoms with Crippen molar-refractivity contribution in [1.82, 2.24) is 0 Å². The van der Waals surface area contributed by atoms with Crippen molar-refractivity contribution in [1.29, 1.82) is 0 Å². The third-order valence-electron chi connectivity index (χ3n) is 6.09. The van der Waals surface area contributed by atoms with Crippen LogP contribution in [0.3, 0.4) is 0 Å². The monoisotopic (exact) mass is 432 g/mol. The van der Waals surface area contributed by atoms with E-state index in [1.807, 2.05) is 24.3 Å². The zero-order chi connectivity index (χ0) is 22.2. The lowest BCUT2D eigenvalue weighted by molar-refractivity contribution is 0.0741. The lowest BCUT2D eigenvalue weighted by Gasteiger charge is -2.20. The molecule has 3 N–H and O–H groups in total. The Morgan fingerprint density at radius 3 is 2.48 bits per heavy atom. The molecule has 31 heavy (non-hydrogen) atoms. The molecule has 2 aromatic carbocycles. The molecule has 0 fully saturated rings. The second-order valence-electron chi connectivity index (χ2n) is 9.73. The van der Waals surface area contributed by atoms with Crippen LogP contribution in [0, 0.1) is 0 Å². The highest BCUT2D eigenvalue weighted by atomic mass is 28.3. The van der Waals surface area contributed by atoms with Gasteiger partial charge in [-0.1, -0.05) is 73.9 Å². The fourth-order valence-electron chi connectivity index (χ4n) is 4.77. The predicted molar refractivity (Wildman–Crippen MR) is 131 cm³/mol. The molecule has 2 atom stereocenters. The van der Waals surface area contributed by atoms with Gasteiger partial charge < -0.3 is 15.3 Å². The molecule has 0 radical (unpaired) electrons. The second-order valence-corrected chi connectivity index (χ2v) is 14.7. The van der Waals surface area contributed by atoms with Crippen molar-refractivity contribution in [2.24, 2.45) is 0 Å². The summed E-state index contributed by atoms with van der Waals surface area (Å²) in [6.07, 6.45) is 5.28. The molecule has 0 heterocycles. The van der Waals surface area contributed by atoms with Crippen molar-refractivity contribution in [3.8, 4) is 0 Å². The number of fused-ring (bicyclic) bond motifs is 2. The normalized spacial score (nSPS) is 22.7. The summed E-state index contributed by atoms with van der Waals surface area (Å²) >= 11 is 0. The summed E-state index contributed by atoms with van der Waals surface area (Å²) in [6, 6.07) is 14.3. The first-order valence-corrected chi connectivity index (χ1v) is 14.7. The van der Waals surface area contributed by atoms with Gasteiger partial charge in [0.1, 0.15) is 12.2 Å². The molecular weight excluding hydrogens is 400 g/mol. The minimum Gasteiger partial charge on any atom is -0.392 e. The summed E-state index contributed by atoms with van der Waals surface area (Å²) in [4.78, 5) is 0. The van der Waals surface area contributed by atoms with Gasteiger partial charge in [-0.15, -0.1) is 0 Å². The van der Waals surface area contributed by atoms with E-state index in [0.29, 0.717) is 0 Å². The van der Waals surface area contributed by atoms with E-state index in [-0.39, 0.29) is 6.61 Å². The van der Waals surface area contributed by atoms with Crippen molar-refractivity contribution >= 4 is 25.8 Å². The largest absolute Gasteiger partial charge is 0.392 e. The number of aryl methyl sites for hydroxylation is 1. The SMILES string of the molecule is C[Si](C)(C)/C=C1/C2=C(CCCc3cccc(/C=C\c4cccc(CO)c4)c32)[C@H](O)[C@@H]1O. The molecule has 4 heteroatoms. The van der Waals surface area contributed by atoms with Gasteiger partial charge in [-0.05, 0) is 69.9 Å². The maximum atomic E-state index is 10.9. The lowest BCUT2D eigenvalue weighted by Crippen LogP contribution is -2.26. The van der Waals surface area contributed by atoms with E-state index >= 15 is 0 Å². The first-order valence-electron chi connectivity index (χ1n) is 11.1. The molecule has 3 nitrogen and oxygen atoms in total. The molecule has 0 spiro atoms. The molecule has 0 bridgehead atoms. The number of hydrogen-bond acceptors (Lipinski definition) is 3. The molecule has 0 saturated heterocycles. The highest BCUT2D eigenvalue weighted by Crippen LogP contribution is 2.46. The van der Waals surface area contributed by atoms with Gasteiger partial charge in [0.2, 0.25) is 0 Å². The van der Waals surface area contributed by atoms with Crippen LogP contribution in [0.25, 0.3) is 17.7 Å². The van der Waals surface area contributed by atoms with Crippen molar-refractivity contribution in [2.75, 3.05) is 0 Å². The van der Waals surface area contributed by atoms with E-state index in [1.165, 1.54) is 5.56 Å². The van der Waals surface area contributed by atoms with Gasteiger partial charge in [0.05, 0.1) is 14.7 Å². The summed E-state index contributed by atoms with van der Waals surface area (Å²) in [5, 5.41) is 31.3. The Labute approximate surface area is 186 Å². The fraction of sp³-hybridized carbons (Fsp3) is 0.333. The molecule has 0 aliphatic heterocycles. The van der Waals surface area contributed by atoms with Gasteiger partial charge in [0, 0.05) is 0 Å². The van der Waals surface area contributed by atoms with Gasteiger partial charge in [0.15, 0.2) is 0 Å². The molecule has 2 aromatic rings. The van der Waals surface area contributed by atoms with E-state index in [4.69, 9.17) is 0 Å². The van der Waals surface area contributed by atoms with Crippen molar-refractivity contribution in [3.63, 3.8) is 0 Å². The van der Waals surface area contributed by atoms with E-state index in [0.717, 1.165) is 58.2 Å². The molecular formula is C27H32O3Si. The maximum absolute atomic E-state index is 10.9. The van der Waals surface area contributed by atoms with Crippen LogP contribution in [-0.4, -0.2) is 35.6 Å². The Balaban J connectivity index is 1.86. The molecule has 162 valence electrons. The summed E-state index contributed by atoms with van der Waals surface area (Å²) in [5.74, 6) is 0. The summed E-state index contributed by atoms with van der Waals surface area (Å²) in [6.45, 7) is 6.80. The Morgan fingerprint density at radius 2 is 1.74 bits per heavy atom. The highest BCUT2D eigenvalue weighted by molar-refractivity contribution is 6.81. The highest BCUT2D eigenvalue weighted by Gasteiger charge is 2.39. The summed E-state index contributed by atoms with van der Waals surface area (Å²) in [5.41, 5.74) is 10.7. The minimum absolute atomic E-state index is 0.0271. The molecule has 2 aliphatic rings. The third-order valence-corrected chi connectivity index (χ3v) is 7.26.